The first kappa shape index (κ1) is 14.8. The fraction of sp³-hybridized carbons (Fsp3) is 0.286. The molecule has 19 heavy (non-hydrogen) atoms. The van der Waals surface area contributed by atoms with E-state index in [1.54, 1.807) is 6.07 Å². The quantitative estimate of drug-likeness (QED) is 0.505. The normalized spacial score (nSPS) is 10.9. The molecule has 1 rings (SSSR count). The van der Waals surface area contributed by atoms with Gasteiger partial charge in [-0.3, -0.25) is 4.79 Å². The van der Waals surface area contributed by atoms with Crippen LogP contribution in [0.15, 0.2) is 23.8 Å². The van der Waals surface area contributed by atoms with Crippen LogP contribution in [0.2, 0.25) is 0 Å². The molecular formula is C14H14F2N2O. The minimum atomic E-state index is -0.811. The van der Waals surface area contributed by atoms with Gasteiger partial charge in [-0.2, -0.15) is 5.26 Å². The fourth-order valence-corrected chi connectivity index (χ4v) is 1.40. The van der Waals surface area contributed by atoms with Crippen molar-refractivity contribution in [2.24, 2.45) is 0 Å². The summed E-state index contributed by atoms with van der Waals surface area (Å²) in [6, 6.07) is 4.66. The van der Waals surface area contributed by atoms with Crippen LogP contribution in [0.25, 0.3) is 6.08 Å². The molecule has 0 bridgehead atoms. The highest BCUT2D eigenvalue weighted by atomic mass is 19.1. The Balaban J connectivity index is 2.87. The zero-order valence-electron chi connectivity index (χ0n) is 10.5. The molecule has 3 nitrogen and oxygen atoms in total. The Kier molecular flexibility index (Phi) is 5.68. The second-order valence-corrected chi connectivity index (χ2v) is 3.95. The van der Waals surface area contributed by atoms with Crippen molar-refractivity contribution in [3.05, 3.63) is 41.0 Å². The van der Waals surface area contributed by atoms with Crippen LogP contribution in [0, 0.1) is 23.0 Å². The molecule has 0 unspecified atom stereocenters. The number of nitriles is 1. The molecule has 100 valence electrons. The predicted molar refractivity (Wildman–Crippen MR) is 67.9 cm³/mol. The Bertz CT molecular complexity index is 533. The number of nitrogens with zero attached hydrogens (tertiary/aromatic N) is 1. The lowest BCUT2D eigenvalue weighted by Gasteiger charge is -2.03. The van der Waals surface area contributed by atoms with Gasteiger partial charge in [0.15, 0.2) is 0 Å². The predicted octanol–water partition coefficient (Wildman–Crippen LogP) is 2.79. The lowest BCUT2D eigenvalue weighted by Crippen LogP contribution is -2.25. The first-order chi connectivity index (χ1) is 9.08. The summed E-state index contributed by atoms with van der Waals surface area (Å²) in [4.78, 5) is 11.6. The summed E-state index contributed by atoms with van der Waals surface area (Å²) >= 11 is 0. The largest absolute Gasteiger partial charge is 0.351 e. The van der Waals surface area contributed by atoms with Crippen LogP contribution < -0.4 is 5.32 Å². The van der Waals surface area contributed by atoms with Gasteiger partial charge in [-0.15, -0.1) is 0 Å². The van der Waals surface area contributed by atoms with Crippen LogP contribution in [-0.2, 0) is 4.79 Å². The zero-order valence-corrected chi connectivity index (χ0v) is 10.5. The Morgan fingerprint density at radius 3 is 2.79 bits per heavy atom. The van der Waals surface area contributed by atoms with E-state index in [0.717, 1.165) is 25.0 Å². The molecule has 0 aliphatic heterocycles. The van der Waals surface area contributed by atoms with E-state index in [0.29, 0.717) is 12.6 Å². The molecule has 0 atom stereocenters. The lowest BCUT2D eigenvalue weighted by atomic mass is 10.1. The molecular weight excluding hydrogens is 250 g/mol. The summed E-state index contributed by atoms with van der Waals surface area (Å²) in [6.45, 7) is 2.43. The summed E-state index contributed by atoms with van der Waals surface area (Å²) in [5.41, 5.74) is -0.204. The fourth-order valence-electron chi connectivity index (χ4n) is 1.40. The van der Waals surface area contributed by atoms with Crippen molar-refractivity contribution in [1.29, 1.82) is 5.26 Å². The van der Waals surface area contributed by atoms with Crippen LogP contribution in [0.5, 0.6) is 0 Å². The molecule has 0 radical (unpaired) electrons. The maximum atomic E-state index is 13.4. The molecule has 0 aliphatic carbocycles. The smallest absolute Gasteiger partial charge is 0.261 e. The van der Waals surface area contributed by atoms with Crippen molar-refractivity contribution in [1.82, 2.24) is 5.32 Å². The molecule has 0 aliphatic rings. The van der Waals surface area contributed by atoms with Gasteiger partial charge in [0.1, 0.15) is 23.3 Å². The third-order valence-corrected chi connectivity index (χ3v) is 2.44. The topological polar surface area (TPSA) is 52.9 Å². The van der Waals surface area contributed by atoms with Crippen molar-refractivity contribution in [2.75, 3.05) is 6.54 Å². The number of benzene rings is 1. The van der Waals surface area contributed by atoms with Gasteiger partial charge in [0, 0.05) is 18.2 Å². The third-order valence-electron chi connectivity index (χ3n) is 2.44. The van der Waals surface area contributed by atoms with E-state index in [4.69, 9.17) is 5.26 Å². The van der Waals surface area contributed by atoms with Crippen LogP contribution in [0.3, 0.4) is 0 Å². The number of carbonyl (C=O) groups is 1. The van der Waals surface area contributed by atoms with Crippen molar-refractivity contribution in [2.45, 2.75) is 19.8 Å². The molecule has 0 aromatic heterocycles. The highest BCUT2D eigenvalue weighted by molar-refractivity contribution is 6.01. The lowest BCUT2D eigenvalue weighted by molar-refractivity contribution is -0.117. The van der Waals surface area contributed by atoms with E-state index in [2.05, 4.69) is 5.32 Å². The number of amides is 1. The molecule has 0 saturated carbocycles. The van der Waals surface area contributed by atoms with Gasteiger partial charge in [-0.05, 0) is 24.6 Å². The summed E-state index contributed by atoms with van der Waals surface area (Å²) in [6.07, 6.45) is 2.82. The van der Waals surface area contributed by atoms with Crippen LogP contribution in [0.1, 0.15) is 25.3 Å². The van der Waals surface area contributed by atoms with Crippen molar-refractivity contribution in [3.63, 3.8) is 0 Å². The van der Waals surface area contributed by atoms with Gasteiger partial charge >= 0.3 is 0 Å². The van der Waals surface area contributed by atoms with E-state index >= 15 is 0 Å². The average molecular weight is 264 g/mol. The van der Waals surface area contributed by atoms with Gasteiger partial charge in [0.2, 0.25) is 0 Å². The number of carbonyl (C=O) groups excluding carboxylic acids is 1. The number of halogens is 2. The molecule has 1 aromatic rings. The maximum absolute atomic E-state index is 13.4. The molecule has 0 fully saturated rings. The number of hydrogen-bond acceptors (Lipinski definition) is 2. The SMILES string of the molecule is CCCCNC(=O)/C(C#N)=C/c1ccc(F)cc1F. The summed E-state index contributed by atoms with van der Waals surface area (Å²) < 4.78 is 26.1. The molecule has 0 spiro atoms. The number of rotatable bonds is 5. The van der Waals surface area contributed by atoms with Gasteiger partial charge in [-0.25, -0.2) is 8.78 Å². The number of hydrogen-bond donors (Lipinski definition) is 1. The Labute approximate surface area is 110 Å². The van der Waals surface area contributed by atoms with Crippen molar-refractivity contribution < 1.29 is 13.6 Å². The molecule has 0 saturated heterocycles. The molecule has 1 amide bonds. The van der Waals surface area contributed by atoms with Crippen LogP contribution >= 0.6 is 0 Å². The Morgan fingerprint density at radius 2 is 2.21 bits per heavy atom. The minimum absolute atomic E-state index is 0.00333. The monoisotopic (exact) mass is 264 g/mol. The zero-order chi connectivity index (χ0) is 14.3. The summed E-state index contributed by atoms with van der Waals surface area (Å²) in [7, 11) is 0. The van der Waals surface area contributed by atoms with E-state index in [1.165, 1.54) is 6.07 Å². The molecule has 1 N–H and O–H groups in total. The first-order valence-electron chi connectivity index (χ1n) is 5.93. The summed E-state index contributed by atoms with van der Waals surface area (Å²) in [5.74, 6) is -2.07. The van der Waals surface area contributed by atoms with Crippen LogP contribution in [-0.4, -0.2) is 12.5 Å². The Hall–Kier alpha value is -2.22. The highest BCUT2D eigenvalue weighted by Crippen LogP contribution is 2.13. The van der Waals surface area contributed by atoms with E-state index in [-0.39, 0.29) is 11.1 Å². The third kappa shape index (κ3) is 4.51. The van der Waals surface area contributed by atoms with Gasteiger partial charge in [0.05, 0.1) is 0 Å². The summed E-state index contributed by atoms with van der Waals surface area (Å²) in [5, 5.41) is 11.4. The number of nitrogens with one attached hydrogen (secondary N) is 1. The minimum Gasteiger partial charge on any atom is -0.351 e. The second-order valence-electron chi connectivity index (χ2n) is 3.95. The number of unbranched alkanes of at least 4 members (excludes halogenated alkanes) is 1. The highest BCUT2D eigenvalue weighted by Gasteiger charge is 2.10. The standard InChI is InChI=1S/C14H14F2N2O/c1-2-3-6-18-14(19)11(9-17)7-10-4-5-12(15)8-13(10)16/h4-5,7-8H,2-3,6H2,1H3,(H,18,19)/b11-7+. The van der Waals surface area contributed by atoms with Gasteiger partial charge in [-0.1, -0.05) is 13.3 Å². The van der Waals surface area contributed by atoms with Crippen molar-refractivity contribution in [3.8, 4) is 6.07 Å². The van der Waals surface area contributed by atoms with E-state index in [1.807, 2.05) is 6.92 Å². The van der Waals surface area contributed by atoms with Gasteiger partial charge < -0.3 is 5.32 Å². The van der Waals surface area contributed by atoms with E-state index in [9.17, 15) is 13.6 Å². The molecule has 0 heterocycles. The molecule has 1 aromatic carbocycles. The maximum Gasteiger partial charge on any atom is 0.261 e. The van der Waals surface area contributed by atoms with E-state index < -0.39 is 17.5 Å². The first-order valence-corrected chi connectivity index (χ1v) is 5.93. The average Bonchev–Trinajstić information content (AvgIpc) is 2.38. The second kappa shape index (κ2) is 7.27. The van der Waals surface area contributed by atoms with Crippen molar-refractivity contribution >= 4 is 12.0 Å². The van der Waals surface area contributed by atoms with Gasteiger partial charge in [0.25, 0.3) is 5.91 Å². The molecule has 5 heteroatoms. The van der Waals surface area contributed by atoms with Crippen LogP contribution in [0.4, 0.5) is 8.78 Å². The Morgan fingerprint density at radius 1 is 1.47 bits per heavy atom.